The minimum Gasteiger partial charge on any atom is -0.446 e. The van der Waals surface area contributed by atoms with Gasteiger partial charge in [0, 0.05) is 63.8 Å². The Morgan fingerprint density at radius 3 is 2.64 bits per heavy atom. The second kappa shape index (κ2) is 10.1. The molecule has 11 heteroatoms. The molecule has 0 bridgehead atoms. The molecule has 1 aromatic carbocycles. The largest absolute Gasteiger partial charge is 0.446 e. The number of fused-ring (bicyclic) bond motifs is 1. The topological polar surface area (TPSA) is 129 Å². The maximum absolute atomic E-state index is 12.7. The van der Waals surface area contributed by atoms with E-state index < -0.39 is 6.09 Å². The summed E-state index contributed by atoms with van der Waals surface area (Å²) in [6.07, 6.45) is 4.94. The molecule has 36 heavy (non-hydrogen) atoms. The van der Waals surface area contributed by atoms with Gasteiger partial charge in [0.05, 0.1) is 11.2 Å². The molecule has 2 aliphatic rings. The van der Waals surface area contributed by atoms with Gasteiger partial charge in [-0.3, -0.25) is 4.79 Å². The monoisotopic (exact) mass is 493 g/mol. The Labute approximate surface area is 209 Å². The second-order valence-electron chi connectivity index (χ2n) is 9.41. The lowest BCUT2D eigenvalue weighted by molar-refractivity contribution is -0.0365. The molecule has 11 nitrogen and oxygen atoms in total. The smallest absolute Gasteiger partial charge is 0.404 e. The lowest BCUT2D eigenvalue weighted by Crippen LogP contribution is -2.39. The van der Waals surface area contributed by atoms with Crippen LogP contribution in [-0.2, 0) is 9.47 Å². The molecule has 2 aliphatic heterocycles. The number of ether oxygens (including phenoxy) is 2. The van der Waals surface area contributed by atoms with Gasteiger partial charge in [-0.05, 0) is 43.5 Å². The molecule has 2 N–H and O–H groups in total. The standard InChI is InChI=1S/C25H31N7O4/c1-30(2)23(33)16-6-7-20-18(15-16)22(29-32(20)21-5-3-4-14-35-21)19-8-11-27-25(28-19)31-12-9-17(10-13-31)36-24(26)34/h6-8,11,15,17,21H,3-5,9-10,12-14H2,1-2H3,(H2,26,34). The van der Waals surface area contributed by atoms with Gasteiger partial charge in [0.15, 0.2) is 6.23 Å². The molecule has 4 heterocycles. The number of nitrogens with zero attached hydrogens (tertiary/aromatic N) is 6. The number of carbonyl (C=O) groups is 2. The van der Waals surface area contributed by atoms with Gasteiger partial charge < -0.3 is 25.0 Å². The summed E-state index contributed by atoms with van der Waals surface area (Å²) < 4.78 is 13.1. The van der Waals surface area contributed by atoms with Crippen molar-refractivity contribution >= 4 is 28.9 Å². The molecular formula is C25H31N7O4. The van der Waals surface area contributed by atoms with E-state index in [0.717, 1.165) is 30.2 Å². The molecule has 190 valence electrons. The molecular weight excluding hydrogens is 462 g/mol. The van der Waals surface area contributed by atoms with Crippen molar-refractivity contribution in [3.63, 3.8) is 0 Å². The Morgan fingerprint density at radius 1 is 1.14 bits per heavy atom. The van der Waals surface area contributed by atoms with E-state index in [9.17, 15) is 9.59 Å². The summed E-state index contributed by atoms with van der Waals surface area (Å²) in [6.45, 7) is 1.99. The summed E-state index contributed by atoms with van der Waals surface area (Å²) in [7, 11) is 3.47. The third-order valence-corrected chi connectivity index (χ3v) is 6.68. The van der Waals surface area contributed by atoms with E-state index in [-0.39, 0.29) is 18.2 Å². The van der Waals surface area contributed by atoms with E-state index in [0.29, 0.717) is 55.4 Å². The highest BCUT2D eigenvalue weighted by Gasteiger charge is 2.26. The van der Waals surface area contributed by atoms with Crippen LogP contribution in [0.1, 0.15) is 48.7 Å². The van der Waals surface area contributed by atoms with Crippen LogP contribution in [0.2, 0.25) is 0 Å². The Bertz CT molecular complexity index is 1260. The molecule has 2 fully saturated rings. The summed E-state index contributed by atoms with van der Waals surface area (Å²) in [5.41, 5.74) is 8.00. The second-order valence-corrected chi connectivity index (χ2v) is 9.41. The van der Waals surface area contributed by atoms with Gasteiger partial charge >= 0.3 is 6.09 Å². The van der Waals surface area contributed by atoms with Gasteiger partial charge in [0.2, 0.25) is 5.95 Å². The van der Waals surface area contributed by atoms with E-state index in [2.05, 4.69) is 9.88 Å². The number of benzene rings is 1. The van der Waals surface area contributed by atoms with Gasteiger partial charge in [-0.25, -0.2) is 19.4 Å². The SMILES string of the molecule is CN(C)C(=O)c1ccc2c(c1)c(-c1ccnc(N3CCC(OC(N)=O)CC3)n1)nn2C1CCCCO1. The zero-order valence-electron chi connectivity index (χ0n) is 20.6. The Balaban J connectivity index is 1.51. The van der Waals surface area contributed by atoms with Crippen LogP contribution >= 0.6 is 0 Å². The summed E-state index contributed by atoms with van der Waals surface area (Å²) in [6, 6.07) is 7.49. The summed E-state index contributed by atoms with van der Waals surface area (Å²) in [5.74, 6) is 0.510. The first kappa shape index (κ1) is 24.0. The highest BCUT2D eigenvalue weighted by molar-refractivity contribution is 6.01. The first-order valence-corrected chi connectivity index (χ1v) is 12.3. The van der Waals surface area contributed by atoms with Crippen molar-refractivity contribution in [2.75, 3.05) is 38.7 Å². The average molecular weight is 494 g/mol. The van der Waals surface area contributed by atoms with Crippen molar-refractivity contribution in [1.82, 2.24) is 24.6 Å². The van der Waals surface area contributed by atoms with E-state index in [1.165, 1.54) is 0 Å². The summed E-state index contributed by atoms with van der Waals surface area (Å²) in [5, 5.41) is 5.79. The molecule has 1 unspecified atom stereocenters. The number of hydrogen-bond donors (Lipinski definition) is 1. The molecule has 0 spiro atoms. The lowest BCUT2D eigenvalue weighted by atomic mass is 10.1. The fourth-order valence-electron chi connectivity index (χ4n) is 4.83. The van der Waals surface area contributed by atoms with Crippen molar-refractivity contribution in [2.24, 2.45) is 5.73 Å². The first-order valence-electron chi connectivity index (χ1n) is 12.3. The normalized spacial score (nSPS) is 18.8. The number of aromatic nitrogens is 4. The summed E-state index contributed by atoms with van der Waals surface area (Å²) >= 11 is 0. The molecule has 3 aromatic rings. The van der Waals surface area contributed by atoms with E-state index in [4.69, 9.17) is 25.3 Å². The maximum atomic E-state index is 12.7. The van der Waals surface area contributed by atoms with Crippen molar-refractivity contribution in [1.29, 1.82) is 0 Å². The molecule has 1 atom stereocenters. The van der Waals surface area contributed by atoms with Gasteiger partial charge in [-0.15, -0.1) is 0 Å². The van der Waals surface area contributed by atoms with Crippen LogP contribution in [0.5, 0.6) is 0 Å². The van der Waals surface area contributed by atoms with Crippen molar-refractivity contribution in [3.05, 3.63) is 36.0 Å². The molecule has 2 aromatic heterocycles. The Morgan fingerprint density at radius 2 is 1.94 bits per heavy atom. The van der Waals surface area contributed by atoms with Crippen LogP contribution in [0.3, 0.4) is 0 Å². The summed E-state index contributed by atoms with van der Waals surface area (Å²) in [4.78, 5) is 36.7. The number of rotatable bonds is 5. The Kier molecular flexibility index (Phi) is 6.73. The molecule has 0 aliphatic carbocycles. The lowest BCUT2D eigenvalue weighted by Gasteiger charge is -2.31. The quantitative estimate of drug-likeness (QED) is 0.574. The van der Waals surface area contributed by atoms with Crippen molar-refractivity contribution in [3.8, 4) is 11.4 Å². The zero-order valence-corrected chi connectivity index (χ0v) is 20.6. The average Bonchev–Trinajstić information content (AvgIpc) is 3.28. The highest BCUT2D eigenvalue weighted by Crippen LogP contribution is 2.33. The number of hydrogen-bond acceptors (Lipinski definition) is 8. The van der Waals surface area contributed by atoms with Crippen LogP contribution in [0.15, 0.2) is 30.5 Å². The minimum atomic E-state index is -0.747. The molecule has 0 saturated carbocycles. The molecule has 2 amide bonds. The van der Waals surface area contributed by atoms with Crippen LogP contribution < -0.4 is 10.6 Å². The van der Waals surface area contributed by atoms with E-state index in [1.807, 2.05) is 28.9 Å². The van der Waals surface area contributed by atoms with Gasteiger partial charge in [-0.1, -0.05) is 0 Å². The predicted molar refractivity (Wildman–Crippen MR) is 134 cm³/mol. The minimum absolute atomic E-state index is 0.0751. The third kappa shape index (κ3) is 4.83. The number of piperidine rings is 1. The first-order chi connectivity index (χ1) is 17.4. The zero-order chi connectivity index (χ0) is 25.2. The van der Waals surface area contributed by atoms with E-state index in [1.54, 1.807) is 25.2 Å². The number of carbonyl (C=O) groups excluding carboxylic acids is 2. The van der Waals surface area contributed by atoms with E-state index >= 15 is 0 Å². The van der Waals surface area contributed by atoms with Gasteiger partial charge in [0.25, 0.3) is 5.91 Å². The van der Waals surface area contributed by atoms with Crippen LogP contribution in [0, 0.1) is 0 Å². The predicted octanol–water partition coefficient (Wildman–Crippen LogP) is 2.96. The fourth-order valence-corrected chi connectivity index (χ4v) is 4.83. The molecule has 2 saturated heterocycles. The van der Waals surface area contributed by atoms with Crippen molar-refractivity contribution in [2.45, 2.75) is 44.4 Å². The van der Waals surface area contributed by atoms with Gasteiger partial charge in [0.1, 0.15) is 11.8 Å². The molecule has 5 rings (SSSR count). The molecule has 0 radical (unpaired) electrons. The maximum Gasteiger partial charge on any atom is 0.404 e. The van der Waals surface area contributed by atoms with Gasteiger partial charge in [-0.2, -0.15) is 5.10 Å². The Hall–Kier alpha value is -3.73. The third-order valence-electron chi connectivity index (χ3n) is 6.68. The van der Waals surface area contributed by atoms with Crippen LogP contribution in [0.4, 0.5) is 10.7 Å². The fraction of sp³-hybridized carbons (Fsp3) is 0.480. The highest BCUT2D eigenvalue weighted by atomic mass is 16.6. The number of primary amides is 1. The van der Waals surface area contributed by atoms with Crippen molar-refractivity contribution < 1.29 is 19.1 Å². The van der Waals surface area contributed by atoms with Crippen LogP contribution in [0.25, 0.3) is 22.3 Å². The number of anilines is 1. The number of nitrogens with two attached hydrogens (primary N) is 1. The van der Waals surface area contributed by atoms with Crippen LogP contribution in [-0.4, -0.2) is 76.5 Å². The number of amides is 2.